The van der Waals surface area contributed by atoms with Crippen LogP contribution in [-0.2, 0) is 10.9 Å². The van der Waals surface area contributed by atoms with Crippen LogP contribution in [0.4, 0.5) is 4.79 Å². The summed E-state index contributed by atoms with van der Waals surface area (Å²) < 4.78 is 0. The minimum atomic E-state index is -0.103. The van der Waals surface area contributed by atoms with Crippen molar-refractivity contribution in [1.82, 2.24) is 4.90 Å². The number of hydrogen-bond acceptors (Lipinski definition) is 1. The Hall–Kier alpha value is -0.180. The van der Waals surface area contributed by atoms with E-state index in [1.54, 1.807) is 19.0 Å². The van der Waals surface area contributed by atoms with Gasteiger partial charge in [0.05, 0.1) is 10.9 Å². The third kappa shape index (κ3) is 2.21. The molecule has 0 aliphatic heterocycles. The van der Waals surface area contributed by atoms with Crippen molar-refractivity contribution in [3.05, 3.63) is 0 Å². The summed E-state index contributed by atoms with van der Waals surface area (Å²) in [7, 11) is 3.44. The first-order valence-corrected chi connectivity index (χ1v) is 4.38. The van der Waals surface area contributed by atoms with Crippen molar-refractivity contribution in [1.29, 1.82) is 0 Å². The zero-order valence-corrected chi connectivity index (χ0v) is 6.58. The fraction of sp³-hybridized carbons (Fsp3) is 0.800. The molecule has 0 atom stereocenters. The van der Waals surface area contributed by atoms with Gasteiger partial charge in [0.1, 0.15) is 12.5 Å². The Morgan fingerprint density at radius 1 is 1.38 bits per heavy atom. The Morgan fingerprint density at radius 3 is 1.75 bits per heavy atom. The summed E-state index contributed by atoms with van der Waals surface area (Å²) in [6, 6.07) is 0. The molecular weight excluding hydrogens is 122 g/mol. The van der Waals surface area contributed by atoms with Gasteiger partial charge in [-0.2, -0.15) is 0 Å². The van der Waals surface area contributed by atoms with Crippen molar-refractivity contribution >= 4 is 16.1 Å². The van der Waals surface area contributed by atoms with E-state index in [4.69, 9.17) is 0 Å². The van der Waals surface area contributed by atoms with Crippen LogP contribution < -0.4 is 0 Å². The molecule has 0 N–H and O–H groups in total. The van der Waals surface area contributed by atoms with Crippen molar-refractivity contribution in [2.45, 2.75) is 0 Å². The van der Waals surface area contributed by atoms with Gasteiger partial charge < -0.3 is 4.90 Å². The van der Waals surface area contributed by atoms with E-state index in [0.29, 0.717) is 0 Å². The Bertz CT molecular complexity index is 80.4. The Kier molecular flexibility index (Phi) is 2.90. The van der Waals surface area contributed by atoms with E-state index >= 15 is 0 Å². The predicted octanol–water partition coefficient (Wildman–Crippen LogP) is 0.546. The fourth-order valence-corrected chi connectivity index (χ4v) is 1.10. The van der Waals surface area contributed by atoms with E-state index in [1.807, 2.05) is 12.5 Å². The van der Waals surface area contributed by atoms with E-state index in [9.17, 15) is 4.79 Å². The Labute approximate surface area is 53.2 Å². The normalized spacial score (nSPS) is 9.62. The second-order valence-electron chi connectivity index (χ2n) is 1.98. The lowest BCUT2D eigenvalue weighted by Crippen LogP contribution is -2.26. The maximum absolute atomic E-state index is 10.8. The first-order valence-electron chi connectivity index (χ1n) is 2.34. The van der Waals surface area contributed by atoms with Crippen molar-refractivity contribution in [3.63, 3.8) is 0 Å². The van der Waals surface area contributed by atoms with Crippen molar-refractivity contribution < 1.29 is 4.79 Å². The smallest absolute Gasteiger partial charge is 0.304 e. The molecule has 8 heavy (non-hydrogen) atoms. The molecule has 0 fully saturated rings. The van der Waals surface area contributed by atoms with Crippen LogP contribution >= 0.6 is 0 Å². The largest absolute Gasteiger partial charge is 0.430 e. The quantitative estimate of drug-likeness (QED) is 0.443. The summed E-state index contributed by atoms with van der Waals surface area (Å²) in [4.78, 5) is 12.4. The second-order valence-corrected chi connectivity index (χ2v) is 3.96. The van der Waals surface area contributed by atoms with Crippen LogP contribution in [0.15, 0.2) is 0 Å². The highest BCUT2D eigenvalue weighted by atomic mass is 32.2. The number of nitrogens with zero attached hydrogens (tertiary/aromatic N) is 1. The molecule has 48 valence electrons. The van der Waals surface area contributed by atoms with Crippen LogP contribution in [0.5, 0.6) is 0 Å². The van der Waals surface area contributed by atoms with Crippen molar-refractivity contribution in [2.75, 3.05) is 26.6 Å². The number of carbonyl (C=O) groups is 1. The Balaban J connectivity index is 3.65. The third-order valence-corrected chi connectivity index (χ3v) is 1.78. The molecule has 0 spiro atoms. The average molecular weight is 134 g/mol. The van der Waals surface area contributed by atoms with Gasteiger partial charge in [0, 0.05) is 14.1 Å². The number of amides is 1. The van der Waals surface area contributed by atoms with E-state index in [2.05, 4.69) is 0 Å². The van der Waals surface area contributed by atoms with Crippen LogP contribution in [-0.4, -0.2) is 36.7 Å². The number of hydrogen-bond donors (Lipinski definition) is 0. The van der Waals surface area contributed by atoms with Gasteiger partial charge >= 0.3 is 5.24 Å². The molecule has 0 aliphatic carbocycles. The molecule has 0 bridgehead atoms. The molecule has 0 unspecified atom stereocenters. The molecule has 0 rings (SSSR count). The maximum atomic E-state index is 10.8. The lowest BCUT2D eigenvalue weighted by Gasteiger charge is -2.03. The number of carbonyl (C=O) groups excluding carboxylic acids is 1. The first-order chi connectivity index (χ1) is 3.55. The monoisotopic (exact) mass is 134 g/mol. The lowest BCUT2D eigenvalue weighted by molar-refractivity contribution is 0.241. The molecule has 0 saturated heterocycles. The summed E-state index contributed by atoms with van der Waals surface area (Å²) in [6.07, 6.45) is 3.84. The van der Waals surface area contributed by atoms with Gasteiger partial charge in [-0.25, -0.2) is 4.79 Å². The fourth-order valence-electron chi connectivity index (χ4n) is 0.365. The summed E-state index contributed by atoms with van der Waals surface area (Å²) in [6.45, 7) is 0. The molecule has 0 radical (unpaired) electrons. The van der Waals surface area contributed by atoms with Gasteiger partial charge in [-0.3, -0.25) is 0 Å². The molecule has 0 aliphatic rings. The van der Waals surface area contributed by atoms with Gasteiger partial charge in [-0.1, -0.05) is 0 Å². The summed E-state index contributed by atoms with van der Waals surface area (Å²) in [5, 5.41) is 0.213. The molecule has 2 nitrogen and oxygen atoms in total. The van der Waals surface area contributed by atoms with Crippen molar-refractivity contribution in [2.24, 2.45) is 0 Å². The molecule has 0 aromatic rings. The highest BCUT2D eigenvalue weighted by molar-refractivity contribution is 8.09. The van der Waals surface area contributed by atoms with Crippen molar-refractivity contribution in [3.8, 4) is 0 Å². The molecular formula is C5H12NOS+. The van der Waals surface area contributed by atoms with E-state index in [1.165, 1.54) is 0 Å². The van der Waals surface area contributed by atoms with Gasteiger partial charge in [0.2, 0.25) is 0 Å². The molecule has 0 aromatic heterocycles. The summed E-state index contributed by atoms with van der Waals surface area (Å²) >= 11 is 0. The van der Waals surface area contributed by atoms with Gasteiger partial charge in [0.25, 0.3) is 0 Å². The molecule has 0 heterocycles. The van der Waals surface area contributed by atoms with Gasteiger partial charge in [0.15, 0.2) is 0 Å². The zero-order valence-electron chi connectivity index (χ0n) is 5.76. The van der Waals surface area contributed by atoms with Gasteiger partial charge in [-0.15, -0.1) is 0 Å². The average Bonchev–Trinajstić information content (AvgIpc) is 1.64. The highest BCUT2D eigenvalue weighted by Crippen LogP contribution is 1.91. The summed E-state index contributed by atoms with van der Waals surface area (Å²) in [5.41, 5.74) is 0. The minimum absolute atomic E-state index is 0.103. The molecule has 0 saturated carbocycles. The standard InChI is InChI=1S/C5H12NOS/c1-6(2)5(7)8(3)4/h1-4H3/q+1. The molecule has 0 aromatic carbocycles. The Morgan fingerprint density at radius 2 is 1.75 bits per heavy atom. The molecule has 3 heteroatoms. The number of rotatable bonds is 0. The maximum Gasteiger partial charge on any atom is 0.430 e. The SMILES string of the molecule is CN(C)C(=O)[S+](C)C. The third-order valence-electron chi connectivity index (χ3n) is 0.714. The minimum Gasteiger partial charge on any atom is -0.304 e. The second kappa shape index (κ2) is 2.97. The van der Waals surface area contributed by atoms with E-state index in [0.717, 1.165) is 0 Å². The first kappa shape index (κ1) is 7.82. The van der Waals surface area contributed by atoms with Crippen LogP contribution in [0.1, 0.15) is 0 Å². The predicted molar refractivity (Wildman–Crippen MR) is 38.3 cm³/mol. The van der Waals surface area contributed by atoms with E-state index in [-0.39, 0.29) is 16.1 Å². The van der Waals surface area contributed by atoms with Gasteiger partial charge in [-0.05, 0) is 0 Å². The van der Waals surface area contributed by atoms with Crippen LogP contribution in [0.25, 0.3) is 0 Å². The topological polar surface area (TPSA) is 20.3 Å². The molecule has 1 amide bonds. The van der Waals surface area contributed by atoms with Crippen LogP contribution in [0, 0.1) is 0 Å². The van der Waals surface area contributed by atoms with Crippen LogP contribution in [0.2, 0.25) is 0 Å². The van der Waals surface area contributed by atoms with Crippen LogP contribution in [0.3, 0.4) is 0 Å². The zero-order chi connectivity index (χ0) is 6.73. The van der Waals surface area contributed by atoms with E-state index < -0.39 is 0 Å². The lowest BCUT2D eigenvalue weighted by atomic mass is 11.0. The summed E-state index contributed by atoms with van der Waals surface area (Å²) in [5.74, 6) is 0. The highest BCUT2D eigenvalue weighted by Gasteiger charge is 2.18.